The molecule has 0 unspecified atom stereocenters. The van der Waals surface area contributed by atoms with Gasteiger partial charge in [0, 0.05) is 0 Å². The van der Waals surface area contributed by atoms with E-state index in [1.165, 1.54) is 83.6 Å². The second-order valence-corrected chi connectivity index (χ2v) is 48.2. The summed E-state index contributed by atoms with van der Waals surface area (Å²) in [5, 5.41) is 5.32. The van der Waals surface area contributed by atoms with Crippen LogP contribution in [0.4, 0.5) is 0 Å². The standard InChI is InChI=1S/2C25H29OSi.C2H7Si.2ClH.Zr/c2*1-25(2,3)27(23-14-6-4-7-15-23,24-16-8-5-9-17-24)26-22-18-20-12-10-11-13-21(20)19-22;1-3-2;;;/h2*4-9,14-19H,10-13H2,1-3H3;3H,1-2H3;2*1H;/q;;;;;+2/p-2. The Morgan fingerprint density at radius 2 is 0.750 bits per heavy atom. The van der Waals surface area contributed by atoms with Gasteiger partial charge in [0.15, 0.2) is 0 Å². The van der Waals surface area contributed by atoms with Crippen molar-refractivity contribution in [2.45, 2.75) is 123 Å². The summed E-state index contributed by atoms with van der Waals surface area (Å²) in [7, 11) is -5.68. The van der Waals surface area contributed by atoms with Gasteiger partial charge in [0.2, 0.25) is 0 Å². The van der Waals surface area contributed by atoms with Crippen molar-refractivity contribution in [3.63, 3.8) is 0 Å². The quantitative estimate of drug-likeness (QED) is 0.176. The van der Waals surface area contributed by atoms with Gasteiger partial charge in [-0.25, -0.2) is 0 Å². The van der Waals surface area contributed by atoms with E-state index in [0.717, 1.165) is 0 Å². The molecule has 0 saturated carbocycles. The zero-order chi connectivity index (χ0) is 40.7. The van der Waals surface area contributed by atoms with Crippen molar-refractivity contribution in [2.75, 3.05) is 0 Å². The van der Waals surface area contributed by atoms with Crippen molar-refractivity contribution in [2.24, 2.45) is 0 Å². The molecule has 0 heterocycles. The summed E-state index contributed by atoms with van der Waals surface area (Å²) in [5.74, 6) is 1.48. The van der Waals surface area contributed by atoms with Crippen LogP contribution in [0.3, 0.4) is 0 Å². The first-order valence-corrected chi connectivity index (χ1v) is 36.0. The van der Waals surface area contributed by atoms with Crippen LogP contribution in [0.2, 0.25) is 30.4 Å². The Labute approximate surface area is 385 Å². The smallest absolute Gasteiger partial charge is 1.00 e. The van der Waals surface area contributed by atoms with E-state index in [0.29, 0.717) is 7.25 Å². The van der Waals surface area contributed by atoms with Crippen LogP contribution in [0.1, 0.15) is 92.9 Å². The molecule has 0 fully saturated rings. The molecule has 4 aromatic rings. The molecule has 0 bridgehead atoms. The Morgan fingerprint density at radius 3 is 1.02 bits per heavy atom. The Kier molecular flexibility index (Phi) is 15.0. The average molecular weight is 968 g/mol. The predicted octanol–water partition coefficient (Wildman–Crippen LogP) is 5.86. The van der Waals surface area contributed by atoms with E-state index in [9.17, 15) is 0 Å². The van der Waals surface area contributed by atoms with Gasteiger partial charge in [-0.1, -0.05) is 0 Å². The number of rotatable bonds is 11. The molecule has 0 aromatic heterocycles. The van der Waals surface area contributed by atoms with E-state index in [2.05, 4.69) is 188 Å². The summed E-state index contributed by atoms with van der Waals surface area (Å²) >= 11 is -2.58. The van der Waals surface area contributed by atoms with Gasteiger partial charge >= 0.3 is 364 Å². The molecule has 0 N–H and O–H groups in total. The topological polar surface area (TPSA) is 18.5 Å². The van der Waals surface area contributed by atoms with Gasteiger partial charge < -0.3 is 24.8 Å². The third-order valence-corrected chi connectivity index (χ3v) is 45.1. The minimum absolute atomic E-state index is 0. The van der Waals surface area contributed by atoms with E-state index < -0.39 is 43.5 Å². The van der Waals surface area contributed by atoms with Gasteiger partial charge in [0.25, 0.3) is 0 Å². The summed E-state index contributed by atoms with van der Waals surface area (Å²) in [5.41, 5.74) is 6.77. The summed E-state index contributed by atoms with van der Waals surface area (Å²) < 4.78 is 17.4. The molecule has 0 radical (unpaired) electrons. The molecule has 0 amide bonds. The second-order valence-electron chi connectivity index (χ2n) is 19.7. The first-order chi connectivity index (χ1) is 27.9. The van der Waals surface area contributed by atoms with Gasteiger partial charge in [-0.05, 0) is 0 Å². The van der Waals surface area contributed by atoms with Crippen molar-refractivity contribution >= 4 is 43.3 Å². The Bertz CT molecular complexity index is 1970. The fraction of sp³-hybridized carbons (Fsp3) is 0.385. The molecule has 60 heavy (non-hydrogen) atoms. The van der Waals surface area contributed by atoms with Crippen LogP contribution in [0.5, 0.6) is 0 Å². The molecule has 2 nitrogen and oxygen atoms in total. The average Bonchev–Trinajstić information content (AvgIpc) is 3.77. The molecular formula is C52H65Cl2O2Si3Zr. The van der Waals surface area contributed by atoms with Crippen molar-refractivity contribution in [3.8, 4) is 0 Å². The minimum atomic E-state index is -2.84. The van der Waals surface area contributed by atoms with Gasteiger partial charge in [-0.3, -0.25) is 0 Å². The van der Waals surface area contributed by atoms with Gasteiger partial charge in [-0.15, -0.1) is 0 Å². The van der Waals surface area contributed by atoms with E-state index in [1.54, 1.807) is 22.3 Å². The predicted molar refractivity (Wildman–Crippen MR) is 251 cm³/mol. The first-order valence-electron chi connectivity index (χ1n) is 22.2. The molecule has 0 saturated heterocycles. The van der Waals surface area contributed by atoms with Crippen LogP contribution in [-0.2, 0) is 29.8 Å². The SMILES string of the molecule is C[SiH](C)[Zr+2]([C@@H]1C(O[Si](c2ccccc2)(c2ccccc2)C(C)(C)C)=CC2=C1CCCC2)[C@H]1C(O[Si](c2ccccc2)(c2ccccc2)C(C)(C)C)=CC2=C1CCCC2.[Cl-].[Cl-]. The fourth-order valence-corrected chi connectivity index (χ4v) is 42.9. The van der Waals surface area contributed by atoms with Crippen molar-refractivity contribution in [1.29, 1.82) is 0 Å². The molecule has 0 spiro atoms. The minimum Gasteiger partial charge on any atom is -1.00 e. The number of hydrogen-bond acceptors (Lipinski definition) is 2. The molecule has 4 aliphatic rings. The van der Waals surface area contributed by atoms with E-state index in [-0.39, 0.29) is 34.9 Å². The third-order valence-electron chi connectivity index (χ3n) is 13.7. The van der Waals surface area contributed by atoms with Crippen LogP contribution < -0.4 is 45.6 Å². The Hall–Kier alpha value is -2.45. The molecule has 8 rings (SSSR count). The van der Waals surface area contributed by atoms with Crippen LogP contribution in [-0.4, -0.2) is 22.6 Å². The van der Waals surface area contributed by atoms with Crippen molar-refractivity contribution < 1.29 is 54.6 Å². The zero-order valence-corrected chi connectivity index (χ0v) is 44.3. The Morgan fingerprint density at radius 1 is 0.467 bits per heavy atom. The number of hydrogen-bond donors (Lipinski definition) is 0. The number of benzene rings is 4. The van der Waals surface area contributed by atoms with Gasteiger partial charge in [0.05, 0.1) is 0 Å². The van der Waals surface area contributed by atoms with Crippen LogP contribution >= 0.6 is 0 Å². The maximum absolute atomic E-state index is 8.26. The maximum atomic E-state index is 8.26. The first kappa shape index (κ1) is 47.0. The molecule has 2 atom stereocenters. The Balaban J connectivity index is 0.00000302. The number of allylic oxidation sites excluding steroid dienone is 6. The van der Waals surface area contributed by atoms with Crippen LogP contribution in [0.25, 0.3) is 0 Å². The van der Waals surface area contributed by atoms with Crippen LogP contribution in [0.15, 0.2) is 167 Å². The summed E-state index contributed by atoms with van der Waals surface area (Å²) in [6, 6.07) is 45.5. The van der Waals surface area contributed by atoms with E-state index in [1.807, 2.05) is 0 Å². The number of halogens is 2. The molecule has 4 aromatic carbocycles. The molecule has 0 aliphatic heterocycles. The summed E-state index contributed by atoms with van der Waals surface area (Å²) in [4.78, 5) is 0. The summed E-state index contributed by atoms with van der Waals surface area (Å²) in [6.45, 7) is 20.1. The fourth-order valence-electron chi connectivity index (χ4n) is 11.1. The zero-order valence-electron chi connectivity index (χ0n) is 37.2. The normalized spacial score (nSPS) is 19.4. The molecule has 315 valence electrons. The third kappa shape index (κ3) is 8.49. The van der Waals surface area contributed by atoms with Gasteiger partial charge in [0.1, 0.15) is 0 Å². The van der Waals surface area contributed by atoms with Crippen molar-refractivity contribution in [1.82, 2.24) is 0 Å². The van der Waals surface area contributed by atoms with Crippen molar-refractivity contribution in [3.05, 3.63) is 167 Å². The van der Waals surface area contributed by atoms with Gasteiger partial charge in [-0.2, -0.15) is 0 Å². The van der Waals surface area contributed by atoms with E-state index in [4.69, 9.17) is 8.85 Å². The van der Waals surface area contributed by atoms with Crippen LogP contribution in [0, 0.1) is 0 Å². The largest absolute Gasteiger partial charge is 1.00 e. The second kappa shape index (κ2) is 19.1. The maximum Gasteiger partial charge on any atom is -1.00 e. The molecule has 4 aliphatic carbocycles. The molecular weight excluding hydrogens is 903 g/mol. The van der Waals surface area contributed by atoms with E-state index >= 15 is 0 Å². The molecule has 8 heteroatoms. The monoisotopic (exact) mass is 965 g/mol. The summed E-state index contributed by atoms with van der Waals surface area (Å²) in [6.07, 6.45) is 15.2.